The largest absolute Gasteiger partial charge is 0.511 e. The molecule has 0 radical (unpaired) electrons. The monoisotopic (exact) mass is 543 g/mol. The van der Waals surface area contributed by atoms with E-state index in [1.807, 2.05) is 0 Å². The lowest BCUT2D eigenvalue weighted by molar-refractivity contribution is -0.190. The molecule has 12 heteroatoms. The third-order valence-electron chi connectivity index (χ3n) is 5.83. The Hall–Kier alpha value is -2.70. The molecule has 11 nitrogen and oxygen atoms in total. The zero-order chi connectivity index (χ0) is 27.5. The molecule has 2 atom stereocenters. The summed E-state index contributed by atoms with van der Waals surface area (Å²) in [5, 5.41) is 13.1. The van der Waals surface area contributed by atoms with Gasteiger partial charge in [-0.1, -0.05) is 50.6 Å². The first-order valence-electron chi connectivity index (χ1n) is 12.3. The first-order chi connectivity index (χ1) is 17.4. The number of benzene rings is 1. The average molecular weight is 544 g/mol. The normalized spacial score (nSPS) is 16.3. The molecule has 2 N–H and O–H groups in total. The Morgan fingerprint density at radius 2 is 1.73 bits per heavy atom. The second kappa shape index (κ2) is 14.3. The molecule has 1 unspecified atom stereocenters. The summed E-state index contributed by atoms with van der Waals surface area (Å²) in [6, 6.07) is 8.22. The topological polar surface area (TPSA) is 155 Å². The number of hydrogen-bond acceptors (Lipinski definition) is 10. The van der Waals surface area contributed by atoms with E-state index in [-0.39, 0.29) is 30.7 Å². The molecule has 37 heavy (non-hydrogen) atoms. The van der Waals surface area contributed by atoms with Crippen LogP contribution in [0.15, 0.2) is 30.3 Å². The number of nitrogens with one attached hydrogen (secondary N) is 1. The molecule has 1 fully saturated rings. The molecule has 0 bridgehead atoms. The van der Waals surface area contributed by atoms with Crippen molar-refractivity contribution in [2.24, 2.45) is 5.41 Å². The Kier molecular flexibility index (Phi) is 11.8. The van der Waals surface area contributed by atoms with E-state index in [1.165, 1.54) is 20.8 Å². The van der Waals surface area contributed by atoms with Gasteiger partial charge in [0.05, 0.1) is 12.4 Å². The summed E-state index contributed by atoms with van der Waals surface area (Å²) in [6.45, 7) is 3.84. The molecular formula is C25H37NO10S. The van der Waals surface area contributed by atoms with Crippen LogP contribution in [0.25, 0.3) is 0 Å². The molecule has 1 aromatic carbocycles. The number of rotatable bonds is 13. The van der Waals surface area contributed by atoms with Crippen molar-refractivity contribution in [1.29, 1.82) is 0 Å². The van der Waals surface area contributed by atoms with E-state index in [4.69, 9.17) is 18.4 Å². The van der Waals surface area contributed by atoms with Crippen LogP contribution in [-0.2, 0) is 38.1 Å². The van der Waals surface area contributed by atoms with Crippen molar-refractivity contribution in [3.8, 4) is 0 Å². The van der Waals surface area contributed by atoms with Gasteiger partial charge in [0.15, 0.2) is 6.10 Å². The van der Waals surface area contributed by atoms with Crippen LogP contribution in [0.2, 0.25) is 0 Å². The molecule has 1 amide bonds. The van der Waals surface area contributed by atoms with E-state index in [2.05, 4.69) is 5.32 Å². The summed E-state index contributed by atoms with van der Waals surface area (Å²) in [6.07, 6.45) is 0.0371. The third kappa shape index (κ3) is 11.1. The first kappa shape index (κ1) is 30.5. The van der Waals surface area contributed by atoms with E-state index >= 15 is 0 Å². The summed E-state index contributed by atoms with van der Waals surface area (Å²) >= 11 is 0. The van der Waals surface area contributed by atoms with E-state index in [9.17, 15) is 27.9 Å². The number of aliphatic hydroxyl groups is 1. The van der Waals surface area contributed by atoms with Gasteiger partial charge in [-0.3, -0.25) is 8.98 Å². The van der Waals surface area contributed by atoms with Crippen molar-refractivity contribution >= 4 is 28.1 Å². The van der Waals surface area contributed by atoms with Gasteiger partial charge < -0.3 is 24.6 Å². The van der Waals surface area contributed by atoms with Crippen molar-refractivity contribution in [1.82, 2.24) is 5.32 Å². The predicted octanol–water partition coefficient (Wildman–Crippen LogP) is 2.97. The molecule has 0 spiro atoms. The number of hydrogen-bond donors (Lipinski definition) is 2. The fraction of sp³-hybridized carbons (Fsp3) is 0.640. The van der Waals surface area contributed by atoms with Gasteiger partial charge in [0.1, 0.15) is 6.10 Å². The second-order valence-electron chi connectivity index (χ2n) is 9.68. The van der Waals surface area contributed by atoms with Gasteiger partial charge in [-0.2, -0.15) is 8.42 Å². The van der Waals surface area contributed by atoms with Crippen LogP contribution in [0.5, 0.6) is 0 Å². The molecular weight excluding hydrogens is 506 g/mol. The van der Waals surface area contributed by atoms with E-state index in [0.717, 1.165) is 32.1 Å². The maximum Gasteiger partial charge on any atom is 0.511 e. The first-order valence-corrected chi connectivity index (χ1v) is 13.9. The molecule has 2 rings (SSSR count). The van der Waals surface area contributed by atoms with Gasteiger partial charge in [0, 0.05) is 24.4 Å². The zero-order valence-corrected chi connectivity index (χ0v) is 22.3. The average Bonchev–Trinajstić information content (AvgIpc) is 2.85. The number of carbonyl (C=O) groups excluding carboxylic acids is 3. The molecule has 0 aliphatic heterocycles. The van der Waals surface area contributed by atoms with Crippen molar-refractivity contribution in [2.75, 3.05) is 18.9 Å². The van der Waals surface area contributed by atoms with Crippen molar-refractivity contribution in [3.63, 3.8) is 0 Å². The fourth-order valence-corrected chi connectivity index (χ4v) is 4.69. The highest BCUT2D eigenvalue weighted by Crippen LogP contribution is 2.28. The number of ether oxygens (including phenoxy) is 3. The standard InChI is InChI=1S/C25H37NO10S/c1-18(27)26-15-10-16-37(31,32)33-17-25(2,3)21(28)22(29)35-23(19-11-6-4-7-12-19)36-24(30)34-20-13-8-5-9-14-20/h4,6-7,11-12,20-21,23,28H,5,8-10,13-17H2,1-3H3,(H,26,27)/t21-,23?/m0/s1. The van der Waals surface area contributed by atoms with Crippen LogP contribution < -0.4 is 5.32 Å². The van der Waals surface area contributed by atoms with Crippen LogP contribution in [0, 0.1) is 5.41 Å². The Morgan fingerprint density at radius 3 is 2.35 bits per heavy atom. The minimum Gasteiger partial charge on any atom is -0.431 e. The number of esters is 1. The maximum atomic E-state index is 12.8. The second-order valence-corrected chi connectivity index (χ2v) is 11.4. The van der Waals surface area contributed by atoms with Crippen LogP contribution in [0.3, 0.4) is 0 Å². The highest BCUT2D eigenvalue weighted by atomic mass is 32.2. The Bertz CT molecular complexity index is 990. The summed E-state index contributed by atoms with van der Waals surface area (Å²) in [5.74, 6) is -1.76. The smallest absolute Gasteiger partial charge is 0.431 e. The Labute approximate surface area is 217 Å². The molecule has 0 aromatic heterocycles. The quantitative estimate of drug-likeness (QED) is 0.164. The van der Waals surface area contributed by atoms with Gasteiger partial charge in [-0.25, -0.2) is 9.59 Å². The molecule has 0 saturated heterocycles. The lowest BCUT2D eigenvalue weighted by Crippen LogP contribution is -2.42. The SMILES string of the molecule is CC(=O)NCCCS(=O)(=O)OCC(C)(C)[C@@H](O)C(=O)OC(OC(=O)OC1CCCCC1)c1ccccc1. The molecule has 0 heterocycles. The fourth-order valence-electron chi connectivity index (χ4n) is 3.59. The highest BCUT2D eigenvalue weighted by molar-refractivity contribution is 7.86. The third-order valence-corrected chi connectivity index (χ3v) is 7.10. The van der Waals surface area contributed by atoms with Crippen molar-refractivity contribution < 1.29 is 46.3 Å². The van der Waals surface area contributed by atoms with Crippen molar-refractivity contribution in [2.45, 2.75) is 77.8 Å². The van der Waals surface area contributed by atoms with E-state index < -0.39 is 46.7 Å². The van der Waals surface area contributed by atoms with Gasteiger partial charge >= 0.3 is 12.1 Å². The summed E-state index contributed by atoms with van der Waals surface area (Å²) in [5.41, 5.74) is -1.02. The van der Waals surface area contributed by atoms with Gasteiger partial charge in [0.25, 0.3) is 16.4 Å². The minimum atomic E-state index is -3.97. The van der Waals surface area contributed by atoms with Crippen molar-refractivity contribution in [3.05, 3.63) is 35.9 Å². The molecule has 1 saturated carbocycles. The van der Waals surface area contributed by atoms with E-state index in [1.54, 1.807) is 30.3 Å². The van der Waals surface area contributed by atoms with Crippen LogP contribution in [-0.4, -0.2) is 62.7 Å². The van der Waals surface area contributed by atoms with Crippen LogP contribution in [0.1, 0.15) is 71.1 Å². The summed E-state index contributed by atoms with van der Waals surface area (Å²) in [4.78, 5) is 36.1. The molecule has 1 aliphatic rings. The minimum absolute atomic E-state index is 0.139. The van der Waals surface area contributed by atoms with Gasteiger partial charge in [0.2, 0.25) is 5.91 Å². The number of amides is 1. The number of aliphatic hydroxyl groups excluding tert-OH is 1. The highest BCUT2D eigenvalue weighted by Gasteiger charge is 2.38. The zero-order valence-electron chi connectivity index (χ0n) is 21.5. The Balaban J connectivity index is 1.97. The lowest BCUT2D eigenvalue weighted by Gasteiger charge is -2.29. The van der Waals surface area contributed by atoms with Crippen LogP contribution >= 0.6 is 0 Å². The molecule has 208 valence electrons. The van der Waals surface area contributed by atoms with Crippen LogP contribution in [0.4, 0.5) is 4.79 Å². The summed E-state index contributed by atoms with van der Waals surface area (Å²) < 4.78 is 45.3. The predicted molar refractivity (Wildman–Crippen MR) is 133 cm³/mol. The van der Waals surface area contributed by atoms with E-state index in [0.29, 0.717) is 5.56 Å². The summed E-state index contributed by atoms with van der Waals surface area (Å²) in [7, 11) is -3.97. The number of carbonyl (C=O) groups is 3. The maximum absolute atomic E-state index is 12.8. The van der Waals surface area contributed by atoms with Gasteiger partial charge in [-0.15, -0.1) is 0 Å². The Morgan fingerprint density at radius 1 is 1.08 bits per heavy atom. The molecule has 1 aliphatic carbocycles. The molecule has 1 aromatic rings. The van der Waals surface area contributed by atoms with Gasteiger partial charge in [-0.05, 0) is 32.1 Å². The lowest BCUT2D eigenvalue weighted by atomic mass is 9.87.